The van der Waals surface area contributed by atoms with E-state index < -0.39 is 0 Å². The van der Waals surface area contributed by atoms with Gasteiger partial charge in [-0.15, -0.1) is 0 Å². The fourth-order valence-electron chi connectivity index (χ4n) is 2.43. The normalized spacial score (nSPS) is 17.9. The molecule has 1 fully saturated rings. The van der Waals surface area contributed by atoms with Crippen molar-refractivity contribution in [2.45, 2.75) is 19.4 Å². The molecule has 1 heterocycles. The van der Waals surface area contributed by atoms with Crippen molar-refractivity contribution in [2.75, 3.05) is 38.7 Å². The molecule has 1 saturated heterocycles. The first kappa shape index (κ1) is 15.9. The number of anilines is 1. The van der Waals surface area contributed by atoms with Crippen molar-refractivity contribution in [1.82, 2.24) is 5.32 Å². The van der Waals surface area contributed by atoms with Crippen LogP contribution in [0.2, 0.25) is 0 Å². The van der Waals surface area contributed by atoms with Crippen LogP contribution in [0.15, 0.2) is 24.3 Å². The molecule has 2 rings (SSSR count). The maximum Gasteiger partial charge on any atom is 0.224 e. The zero-order valence-electron chi connectivity index (χ0n) is 12.6. The summed E-state index contributed by atoms with van der Waals surface area (Å²) >= 11 is 0. The summed E-state index contributed by atoms with van der Waals surface area (Å²) in [6, 6.07) is 7.78. The summed E-state index contributed by atoms with van der Waals surface area (Å²) < 4.78 is 10.4. The number of hydrogen-bond donors (Lipinski definition) is 2. The van der Waals surface area contributed by atoms with E-state index in [0.717, 1.165) is 30.8 Å². The highest BCUT2D eigenvalue weighted by molar-refractivity contribution is 5.90. The highest BCUT2D eigenvalue weighted by Crippen LogP contribution is 2.15. The second kappa shape index (κ2) is 8.77. The second-order valence-corrected chi connectivity index (χ2v) is 5.36. The fraction of sp³-hybridized carbons (Fsp3) is 0.562. The van der Waals surface area contributed by atoms with Gasteiger partial charge in [-0.25, -0.2) is 0 Å². The van der Waals surface area contributed by atoms with Crippen molar-refractivity contribution >= 4 is 11.6 Å². The van der Waals surface area contributed by atoms with E-state index in [1.165, 1.54) is 0 Å². The number of benzene rings is 1. The van der Waals surface area contributed by atoms with Gasteiger partial charge in [-0.3, -0.25) is 4.79 Å². The van der Waals surface area contributed by atoms with Crippen LogP contribution in [0.4, 0.5) is 5.69 Å². The molecule has 2 N–H and O–H groups in total. The highest BCUT2D eigenvalue weighted by Gasteiger charge is 2.17. The van der Waals surface area contributed by atoms with Crippen LogP contribution in [0, 0.1) is 5.92 Å². The van der Waals surface area contributed by atoms with Gasteiger partial charge in [0.05, 0.1) is 19.8 Å². The lowest BCUT2D eigenvalue weighted by Gasteiger charge is -2.10. The lowest BCUT2D eigenvalue weighted by atomic mass is 10.0. The van der Waals surface area contributed by atoms with Gasteiger partial charge in [-0.05, 0) is 43.1 Å². The monoisotopic (exact) mass is 292 g/mol. The summed E-state index contributed by atoms with van der Waals surface area (Å²) in [5.74, 6) is 0.548. The highest BCUT2D eigenvalue weighted by atomic mass is 16.5. The summed E-state index contributed by atoms with van der Waals surface area (Å²) in [7, 11) is 1.65. The number of nitrogens with one attached hydrogen (secondary N) is 2. The Bertz CT molecular complexity index is 445. The molecule has 1 unspecified atom stereocenters. The van der Waals surface area contributed by atoms with Crippen LogP contribution in [0.25, 0.3) is 0 Å². The van der Waals surface area contributed by atoms with Crippen LogP contribution in [0.3, 0.4) is 0 Å². The molecule has 1 aliphatic heterocycles. The van der Waals surface area contributed by atoms with Gasteiger partial charge in [-0.1, -0.05) is 12.1 Å². The molecule has 1 atom stereocenters. The molecule has 0 spiro atoms. The largest absolute Gasteiger partial charge is 0.382 e. The van der Waals surface area contributed by atoms with Crippen LogP contribution >= 0.6 is 0 Å². The Morgan fingerprint density at radius 1 is 1.43 bits per heavy atom. The topological polar surface area (TPSA) is 59.6 Å². The first-order valence-corrected chi connectivity index (χ1v) is 7.44. The Morgan fingerprint density at radius 2 is 2.33 bits per heavy atom. The smallest absolute Gasteiger partial charge is 0.224 e. The molecule has 1 aliphatic rings. The fourth-order valence-corrected chi connectivity index (χ4v) is 2.43. The van der Waals surface area contributed by atoms with E-state index in [0.29, 0.717) is 32.2 Å². The number of ether oxygens (including phenoxy) is 2. The number of methoxy groups -OCH3 is 1. The maximum atomic E-state index is 12.0. The van der Waals surface area contributed by atoms with Gasteiger partial charge < -0.3 is 20.1 Å². The Labute approximate surface area is 126 Å². The van der Waals surface area contributed by atoms with Gasteiger partial charge in [0.2, 0.25) is 5.91 Å². The number of rotatable bonds is 8. The minimum absolute atomic E-state index is 0.0844. The molecule has 0 saturated carbocycles. The summed E-state index contributed by atoms with van der Waals surface area (Å²) in [6.45, 7) is 3.65. The third-order valence-corrected chi connectivity index (χ3v) is 3.55. The second-order valence-electron chi connectivity index (χ2n) is 5.36. The standard InChI is InChI=1S/C16H24N2O3/c1-20-7-8-21-12-14-3-2-4-15(9-14)18-16(19)10-13-5-6-17-11-13/h2-4,9,13,17H,5-8,10-12H2,1H3,(H,18,19). The molecular weight excluding hydrogens is 268 g/mol. The van der Waals surface area contributed by atoms with Crippen molar-refractivity contribution < 1.29 is 14.3 Å². The molecule has 1 aromatic rings. The van der Waals surface area contributed by atoms with Crippen molar-refractivity contribution in [3.8, 4) is 0 Å². The molecule has 5 heteroatoms. The summed E-state index contributed by atoms with van der Waals surface area (Å²) in [6.07, 6.45) is 1.67. The SMILES string of the molecule is COCCOCc1cccc(NC(=O)CC2CCNC2)c1. The summed E-state index contributed by atoms with van der Waals surface area (Å²) in [5, 5.41) is 6.24. The number of amides is 1. The maximum absolute atomic E-state index is 12.0. The van der Waals surface area contributed by atoms with Crippen LogP contribution in [-0.4, -0.2) is 39.3 Å². The number of carbonyl (C=O) groups is 1. The van der Waals surface area contributed by atoms with E-state index in [-0.39, 0.29) is 5.91 Å². The average Bonchev–Trinajstić information content (AvgIpc) is 2.97. The van der Waals surface area contributed by atoms with Crippen molar-refractivity contribution in [1.29, 1.82) is 0 Å². The molecule has 0 aliphatic carbocycles. The molecule has 0 aromatic heterocycles. The minimum atomic E-state index is 0.0844. The van der Waals surface area contributed by atoms with Crippen LogP contribution in [-0.2, 0) is 20.9 Å². The number of carbonyl (C=O) groups excluding carboxylic acids is 1. The first-order valence-electron chi connectivity index (χ1n) is 7.44. The molecule has 1 amide bonds. The minimum Gasteiger partial charge on any atom is -0.382 e. The van der Waals surface area contributed by atoms with Gasteiger partial charge in [0.1, 0.15) is 0 Å². The van der Waals surface area contributed by atoms with E-state index >= 15 is 0 Å². The first-order chi connectivity index (χ1) is 10.3. The third kappa shape index (κ3) is 5.83. The Kier molecular flexibility index (Phi) is 6.66. The van der Waals surface area contributed by atoms with Gasteiger partial charge in [0.25, 0.3) is 0 Å². The van der Waals surface area contributed by atoms with E-state index in [1.807, 2.05) is 24.3 Å². The van der Waals surface area contributed by atoms with Gasteiger partial charge in [-0.2, -0.15) is 0 Å². The molecule has 21 heavy (non-hydrogen) atoms. The molecule has 116 valence electrons. The molecule has 0 radical (unpaired) electrons. The lowest BCUT2D eigenvalue weighted by molar-refractivity contribution is -0.116. The molecular formula is C16H24N2O3. The molecule has 5 nitrogen and oxygen atoms in total. The summed E-state index contributed by atoms with van der Waals surface area (Å²) in [5.41, 5.74) is 1.88. The van der Waals surface area contributed by atoms with Gasteiger partial charge in [0.15, 0.2) is 0 Å². The van der Waals surface area contributed by atoms with Gasteiger partial charge in [0, 0.05) is 19.2 Å². The van der Waals surface area contributed by atoms with Crippen molar-refractivity contribution in [3.05, 3.63) is 29.8 Å². The lowest BCUT2D eigenvalue weighted by Crippen LogP contribution is -2.18. The van der Waals surface area contributed by atoms with Crippen LogP contribution in [0.5, 0.6) is 0 Å². The zero-order chi connectivity index (χ0) is 14.9. The van der Waals surface area contributed by atoms with E-state index in [2.05, 4.69) is 10.6 Å². The Balaban J connectivity index is 1.78. The third-order valence-electron chi connectivity index (χ3n) is 3.55. The Hall–Kier alpha value is -1.43. The average molecular weight is 292 g/mol. The predicted molar refractivity (Wildman–Crippen MR) is 82.2 cm³/mol. The van der Waals surface area contributed by atoms with Crippen LogP contribution < -0.4 is 10.6 Å². The zero-order valence-corrected chi connectivity index (χ0v) is 12.6. The van der Waals surface area contributed by atoms with Crippen molar-refractivity contribution in [2.24, 2.45) is 5.92 Å². The van der Waals surface area contributed by atoms with Crippen LogP contribution in [0.1, 0.15) is 18.4 Å². The van der Waals surface area contributed by atoms with E-state index in [1.54, 1.807) is 7.11 Å². The predicted octanol–water partition coefficient (Wildman–Crippen LogP) is 1.79. The van der Waals surface area contributed by atoms with E-state index in [9.17, 15) is 4.79 Å². The Morgan fingerprint density at radius 3 is 3.10 bits per heavy atom. The summed E-state index contributed by atoms with van der Waals surface area (Å²) in [4.78, 5) is 12.0. The van der Waals surface area contributed by atoms with E-state index in [4.69, 9.17) is 9.47 Å². The quantitative estimate of drug-likeness (QED) is 0.717. The number of hydrogen-bond acceptors (Lipinski definition) is 4. The van der Waals surface area contributed by atoms with Crippen molar-refractivity contribution in [3.63, 3.8) is 0 Å². The molecule has 1 aromatic carbocycles. The van der Waals surface area contributed by atoms with Gasteiger partial charge >= 0.3 is 0 Å². The molecule has 0 bridgehead atoms.